The summed E-state index contributed by atoms with van der Waals surface area (Å²) in [5, 5.41) is 6.62. The molecule has 2 N–H and O–H groups in total. The fourth-order valence-electron chi connectivity index (χ4n) is 3.47. The number of amides is 2. The van der Waals surface area contributed by atoms with Crippen LogP contribution in [0.1, 0.15) is 49.0 Å². The van der Waals surface area contributed by atoms with Gasteiger partial charge in [0.1, 0.15) is 0 Å². The lowest BCUT2D eigenvalue weighted by Crippen LogP contribution is -2.55. The van der Waals surface area contributed by atoms with E-state index in [4.69, 9.17) is 0 Å². The lowest BCUT2D eigenvalue weighted by molar-refractivity contribution is -0.123. The van der Waals surface area contributed by atoms with Crippen LogP contribution in [-0.4, -0.2) is 52.5 Å². The maximum Gasteiger partial charge on any atom is 0.253 e. The van der Waals surface area contributed by atoms with Crippen LogP contribution in [0.25, 0.3) is 0 Å². The van der Waals surface area contributed by atoms with Crippen LogP contribution in [0.2, 0.25) is 0 Å². The number of benzene rings is 1. The molecular weight excluding hydrogens is 346 g/mol. The van der Waals surface area contributed by atoms with Gasteiger partial charge >= 0.3 is 0 Å². The Kier molecular flexibility index (Phi) is 5.92. The Morgan fingerprint density at radius 3 is 2.58 bits per heavy atom. The van der Waals surface area contributed by atoms with Crippen molar-refractivity contribution in [3.05, 3.63) is 35.4 Å². The van der Waals surface area contributed by atoms with Crippen LogP contribution in [0.4, 0.5) is 0 Å². The monoisotopic (exact) mass is 375 g/mol. The number of aryl methyl sites for hydroxylation is 1. The first-order valence-corrected chi connectivity index (χ1v) is 10.5. The standard InChI is InChI=1S/C20H29N3O2S/c1-4-15(3)21-18(24)17-13-26-20(22-17)9-11-23(12-10-20)19(25)16-7-5-14(2)6-8-16/h5-8,15,17,22H,4,9-13H2,1-3H3,(H,21,24)/t15-,17-/m0/s1. The minimum atomic E-state index is -0.131. The zero-order valence-electron chi connectivity index (χ0n) is 15.9. The Morgan fingerprint density at radius 2 is 1.96 bits per heavy atom. The highest BCUT2D eigenvalue weighted by Crippen LogP contribution is 2.39. The fourth-order valence-corrected chi connectivity index (χ4v) is 4.89. The first-order valence-electron chi connectivity index (χ1n) is 9.50. The maximum absolute atomic E-state index is 12.7. The van der Waals surface area contributed by atoms with Gasteiger partial charge in [0.2, 0.25) is 5.91 Å². The molecule has 0 bridgehead atoms. The zero-order chi connectivity index (χ0) is 18.7. The summed E-state index contributed by atoms with van der Waals surface area (Å²) in [6, 6.07) is 7.84. The molecule has 0 radical (unpaired) electrons. The Hall–Kier alpha value is -1.53. The number of carbonyl (C=O) groups is 2. The molecule has 0 aliphatic carbocycles. The quantitative estimate of drug-likeness (QED) is 0.849. The van der Waals surface area contributed by atoms with Crippen LogP contribution in [-0.2, 0) is 4.79 Å². The number of hydrogen-bond donors (Lipinski definition) is 2. The molecule has 2 fully saturated rings. The molecule has 142 valence electrons. The van der Waals surface area contributed by atoms with Crippen LogP contribution in [0, 0.1) is 6.92 Å². The van der Waals surface area contributed by atoms with Gasteiger partial charge in [-0.3, -0.25) is 14.9 Å². The van der Waals surface area contributed by atoms with Crippen molar-refractivity contribution in [3.8, 4) is 0 Å². The largest absolute Gasteiger partial charge is 0.352 e. The maximum atomic E-state index is 12.7. The first-order chi connectivity index (χ1) is 12.4. The zero-order valence-corrected chi connectivity index (χ0v) is 16.7. The Labute approximate surface area is 160 Å². The molecule has 3 rings (SSSR count). The first kappa shape index (κ1) is 19.2. The van der Waals surface area contributed by atoms with Crippen LogP contribution < -0.4 is 10.6 Å². The highest BCUT2D eigenvalue weighted by atomic mass is 32.2. The van der Waals surface area contributed by atoms with E-state index in [-0.39, 0.29) is 28.8 Å². The highest BCUT2D eigenvalue weighted by Gasteiger charge is 2.44. The number of piperidine rings is 1. The molecule has 0 saturated carbocycles. The van der Waals surface area contributed by atoms with Crippen LogP contribution in [0.5, 0.6) is 0 Å². The SMILES string of the molecule is CC[C@H](C)NC(=O)[C@@H]1CSC2(CCN(C(=O)c3ccc(C)cc3)CC2)N1. The minimum Gasteiger partial charge on any atom is -0.352 e. The molecule has 2 aliphatic heterocycles. The van der Waals surface area contributed by atoms with Gasteiger partial charge in [0.05, 0.1) is 10.9 Å². The molecule has 0 unspecified atom stereocenters. The second-order valence-corrected chi connectivity index (χ2v) is 8.88. The van der Waals surface area contributed by atoms with Crippen LogP contribution in [0.3, 0.4) is 0 Å². The van der Waals surface area contributed by atoms with Crippen molar-refractivity contribution in [2.75, 3.05) is 18.8 Å². The molecule has 6 heteroatoms. The average molecular weight is 376 g/mol. The van der Waals surface area contributed by atoms with Gasteiger partial charge in [0, 0.05) is 30.4 Å². The van der Waals surface area contributed by atoms with Crippen molar-refractivity contribution in [2.45, 2.75) is 57.0 Å². The third-order valence-electron chi connectivity index (χ3n) is 5.44. The van der Waals surface area contributed by atoms with Crippen LogP contribution >= 0.6 is 11.8 Å². The molecule has 2 amide bonds. The summed E-state index contributed by atoms with van der Waals surface area (Å²) < 4.78 is 0. The second-order valence-electron chi connectivity index (χ2n) is 7.48. The van der Waals surface area contributed by atoms with E-state index < -0.39 is 0 Å². The van der Waals surface area contributed by atoms with E-state index in [9.17, 15) is 9.59 Å². The predicted octanol–water partition coefficient (Wildman–Crippen LogP) is 2.55. The number of rotatable bonds is 4. The molecule has 26 heavy (non-hydrogen) atoms. The smallest absolute Gasteiger partial charge is 0.253 e. The summed E-state index contributed by atoms with van der Waals surface area (Å²) in [6.45, 7) is 7.59. The predicted molar refractivity (Wildman–Crippen MR) is 106 cm³/mol. The van der Waals surface area contributed by atoms with Crippen molar-refractivity contribution < 1.29 is 9.59 Å². The topological polar surface area (TPSA) is 61.4 Å². The molecule has 0 aromatic heterocycles. The molecule has 2 aliphatic rings. The third-order valence-corrected chi connectivity index (χ3v) is 7.02. The summed E-state index contributed by atoms with van der Waals surface area (Å²) in [6.07, 6.45) is 2.69. The van der Waals surface area contributed by atoms with Crippen molar-refractivity contribution >= 4 is 23.6 Å². The van der Waals surface area contributed by atoms with Gasteiger partial charge in [-0.2, -0.15) is 0 Å². The Morgan fingerprint density at radius 1 is 1.31 bits per heavy atom. The molecule has 1 aromatic carbocycles. The molecular formula is C20H29N3O2S. The third kappa shape index (κ3) is 4.23. The molecule has 2 saturated heterocycles. The van der Waals surface area contributed by atoms with Gasteiger partial charge in [0.25, 0.3) is 5.91 Å². The molecule has 5 nitrogen and oxygen atoms in total. The van der Waals surface area contributed by atoms with Gasteiger partial charge in [-0.1, -0.05) is 24.6 Å². The number of nitrogens with one attached hydrogen (secondary N) is 2. The molecule has 1 aromatic rings. The average Bonchev–Trinajstić information content (AvgIpc) is 3.06. The summed E-state index contributed by atoms with van der Waals surface area (Å²) in [4.78, 5) is 26.9. The van der Waals surface area contributed by atoms with E-state index >= 15 is 0 Å². The van der Waals surface area contributed by atoms with Gasteiger partial charge in [-0.05, 0) is 45.2 Å². The Bertz CT molecular complexity index is 654. The van der Waals surface area contributed by atoms with Crippen molar-refractivity contribution in [2.24, 2.45) is 0 Å². The minimum absolute atomic E-state index is 0.0679. The van der Waals surface area contributed by atoms with E-state index in [1.165, 1.54) is 0 Å². The highest BCUT2D eigenvalue weighted by molar-refractivity contribution is 8.01. The van der Waals surface area contributed by atoms with Gasteiger partial charge < -0.3 is 10.2 Å². The lowest BCUT2D eigenvalue weighted by atomic mass is 10.0. The van der Waals surface area contributed by atoms with Crippen molar-refractivity contribution in [1.82, 2.24) is 15.5 Å². The van der Waals surface area contributed by atoms with E-state index in [1.807, 2.05) is 54.8 Å². The molecule has 2 heterocycles. The normalized spacial score (nSPS) is 23.0. The Balaban J connectivity index is 1.54. The van der Waals surface area contributed by atoms with Crippen molar-refractivity contribution in [1.29, 1.82) is 0 Å². The summed E-state index contributed by atoms with van der Waals surface area (Å²) in [5.41, 5.74) is 1.91. The number of carbonyl (C=O) groups excluding carboxylic acids is 2. The van der Waals surface area contributed by atoms with E-state index in [0.29, 0.717) is 0 Å². The molecule has 1 spiro atoms. The van der Waals surface area contributed by atoms with Crippen molar-refractivity contribution in [3.63, 3.8) is 0 Å². The summed E-state index contributed by atoms with van der Waals surface area (Å²) in [5.74, 6) is 1.00. The number of nitrogens with zero attached hydrogens (tertiary/aromatic N) is 1. The molecule has 2 atom stereocenters. The van der Waals surface area contributed by atoms with E-state index in [1.54, 1.807) is 0 Å². The van der Waals surface area contributed by atoms with Gasteiger partial charge in [0.15, 0.2) is 0 Å². The van der Waals surface area contributed by atoms with E-state index in [2.05, 4.69) is 17.6 Å². The summed E-state index contributed by atoms with van der Waals surface area (Å²) >= 11 is 1.84. The number of likely N-dealkylation sites (tertiary alicyclic amines) is 1. The lowest BCUT2D eigenvalue weighted by Gasteiger charge is -2.39. The second kappa shape index (κ2) is 8.01. The summed E-state index contributed by atoms with van der Waals surface area (Å²) in [7, 11) is 0. The van der Waals surface area contributed by atoms with Gasteiger partial charge in [-0.15, -0.1) is 11.8 Å². The fraction of sp³-hybridized carbons (Fsp3) is 0.600. The van der Waals surface area contributed by atoms with Gasteiger partial charge in [-0.25, -0.2) is 0 Å². The van der Waals surface area contributed by atoms with Crippen LogP contribution in [0.15, 0.2) is 24.3 Å². The number of hydrogen-bond acceptors (Lipinski definition) is 4. The van der Waals surface area contributed by atoms with E-state index in [0.717, 1.165) is 49.2 Å². The number of thioether (sulfide) groups is 1.